The van der Waals surface area contributed by atoms with Crippen LogP contribution in [0.5, 0.6) is 0 Å². The van der Waals surface area contributed by atoms with E-state index in [-0.39, 0.29) is 0 Å². The second-order valence-corrected chi connectivity index (χ2v) is 5.25. The van der Waals surface area contributed by atoms with Crippen molar-refractivity contribution >= 4 is 23.3 Å². The number of rotatable bonds is 5. The number of hydrogen-bond acceptors (Lipinski definition) is 5. The van der Waals surface area contributed by atoms with Gasteiger partial charge in [0.2, 0.25) is 0 Å². The van der Waals surface area contributed by atoms with Crippen molar-refractivity contribution in [3.05, 3.63) is 53.9 Å². The molecule has 0 radical (unpaired) electrons. The van der Waals surface area contributed by atoms with Crippen LogP contribution < -0.4 is 10.6 Å². The minimum Gasteiger partial charge on any atom is -0.397 e. The highest BCUT2D eigenvalue weighted by Gasteiger charge is 2.02. The van der Waals surface area contributed by atoms with Crippen molar-refractivity contribution in [2.45, 2.75) is 25.2 Å². The molecule has 0 fully saturated rings. The molecule has 0 aliphatic carbocycles. The number of hydrogen-bond donors (Lipinski definition) is 2. The van der Waals surface area contributed by atoms with Gasteiger partial charge in [0, 0.05) is 16.8 Å². The van der Waals surface area contributed by atoms with Gasteiger partial charge in [0.1, 0.15) is 0 Å². The van der Waals surface area contributed by atoms with Gasteiger partial charge in [-0.15, -0.1) is 0 Å². The molecule has 5 heteroatoms. The number of aromatic nitrogens is 1. The van der Waals surface area contributed by atoms with Gasteiger partial charge in [0.25, 0.3) is 0 Å². The molecule has 20 heavy (non-hydrogen) atoms. The molecule has 0 unspecified atom stereocenters. The number of nitrogens with zero attached hydrogens (tertiary/aromatic N) is 2. The Bertz CT molecular complexity index is 576. The molecule has 2 aromatic rings. The molecule has 0 amide bonds. The van der Waals surface area contributed by atoms with Crippen LogP contribution in [0.3, 0.4) is 0 Å². The van der Waals surface area contributed by atoms with Crippen LogP contribution in [-0.2, 0) is 0 Å². The minimum atomic E-state index is 0.659. The number of nitrogens with two attached hydrogens (primary N) is 1. The Balaban J connectivity index is 2.01. The first kappa shape index (κ1) is 14.4. The van der Waals surface area contributed by atoms with Crippen molar-refractivity contribution in [1.29, 1.82) is 0 Å². The molecule has 1 aromatic heterocycles. The molecule has 0 saturated carbocycles. The van der Waals surface area contributed by atoms with Crippen molar-refractivity contribution in [1.82, 2.24) is 9.82 Å². The molecule has 0 atom stereocenters. The smallest absolute Gasteiger partial charge is 0.0866 e. The first-order valence-corrected chi connectivity index (χ1v) is 7.27. The van der Waals surface area contributed by atoms with Gasteiger partial charge in [-0.3, -0.25) is 4.98 Å². The van der Waals surface area contributed by atoms with E-state index in [2.05, 4.69) is 53.0 Å². The fourth-order valence-corrected chi connectivity index (χ4v) is 2.16. The van der Waals surface area contributed by atoms with Crippen LogP contribution in [0.15, 0.2) is 52.6 Å². The molecule has 2 rings (SSSR count). The van der Waals surface area contributed by atoms with Crippen molar-refractivity contribution in [3.63, 3.8) is 0 Å². The van der Waals surface area contributed by atoms with E-state index in [9.17, 15) is 0 Å². The van der Waals surface area contributed by atoms with Gasteiger partial charge in [0.05, 0.1) is 23.3 Å². The van der Waals surface area contributed by atoms with Gasteiger partial charge in [-0.1, -0.05) is 24.6 Å². The summed E-state index contributed by atoms with van der Waals surface area (Å²) < 4.78 is 0. The molecule has 0 saturated heterocycles. The SMILES string of the molecule is CC/C(=N/NSc1ccc(C)cc1)c1ccc(N)cn1. The van der Waals surface area contributed by atoms with Crippen LogP contribution in [0.4, 0.5) is 5.69 Å². The topological polar surface area (TPSA) is 63.3 Å². The summed E-state index contributed by atoms with van der Waals surface area (Å²) >= 11 is 1.48. The number of hydrazone groups is 1. The van der Waals surface area contributed by atoms with E-state index in [0.29, 0.717) is 5.69 Å². The van der Waals surface area contributed by atoms with Gasteiger partial charge in [-0.2, -0.15) is 5.10 Å². The van der Waals surface area contributed by atoms with Crippen LogP contribution in [0.1, 0.15) is 24.6 Å². The molecule has 0 bridgehead atoms. The Hall–Kier alpha value is -2.01. The molecule has 1 heterocycles. The lowest BCUT2D eigenvalue weighted by molar-refractivity contribution is 1.07. The monoisotopic (exact) mass is 286 g/mol. The number of aryl methyl sites for hydroxylation is 1. The summed E-state index contributed by atoms with van der Waals surface area (Å²) in [5.74, 6) is 0. The molecule has 1 aromatic carbocycles. The predicted octanol–water partition coefficient (Wildman–Crippen LogP) is 3.38. The lowest BCUT2D eigenvalue weighted by Gasteiger charge is -2.05. The Morgan fingerprint density at radius 3 is 2.60 bits per heavy atom. The second-order valence-electron chi connectivity index (χ2n) is 4.40. The van der Waals surface area contributed by atoms with Crippen LogP contribution in [0, 0.1) is 6.92 Å². The predicted molar refractivity (Wildman–Crippen MR) is 85.6 cm³/mol. The van der Waals surface area contributed by atoms with Crippen LogP contribution in [-0.4, -0.2) is 10.7 Å². The third-order valence-corrected chi connectivity index (χ3v) is 3.47. The molecule has 0 aliphatic heterocycles. The number of pyridine rings is 1. The zero-order valence-electron chi connectivity index (χ0n) is 11.6. The van der Waals surface area contributed by atoms with Crippen molar-refractivity contribution in [3.8, 4) is 0 Å². The summed E-state index contributed by atoms with van der Waals surface area (Å²) in [7, 11) is 0. The number of anilines is 1. The van der Waals surface area contributed by atoms with Crippen LogP contribution >= 0.6 is 11.9 Å². The zero-order chi connectivity index (χ0) is 14.4. The van der Waals surface area contributed by atoms with E-state index in [1.807, 2.05) is 12.1 Å². The maximum absolute atomic E-state index is 5.63. The molecular weight excluding hydrogens is 268 g/mol. The Morgan fingerprint density at radius 1 is 1.25 bits per heavy atom. The van der Waals surface area contributed by atoms with E-state index < -0.39 is 0 Å². The summed E-state index contributed by atoms with van der Waals surface area (Å²) in [6.07, 6.45) is 2.45. The van der Waals surface area contributed by atoms with Crippen LogP contribution in [0.25, 0.3) is 0 Å². The van der Waals surface area contributed by atoms with Gasteiger partial charge in [0.15, 0.2) is 0 Å². The number of benzene rings is 1. The number of nitrogen functional groups attached to an aromatic ring is 1. The van der Waals surface area contributed by atoms with Crippen molar-refractivity contribution in [2.75, 3.05) is 5.73 Å². The third-order valence-electron chi connectivity index (χ3n) is 2.78. The van der Waals surface area contributed by atoms with E-state index >= 15 is 0 Å². The lowest BCUT2D eigenvalue weighted by Crippen LogP contribution is -2.07. The Kier molecular flexibility index (Phi) is 5.01. The van der Waals surface area contributed by atoms with Gasteiger partial charge >= 0.3 is 0 Å². The van der Waals surface area contributed by atoms with E-state index in [1.54, 1.807) is 6.20 Å². The third kappa shape index (κ3) is 3.99. The first-order valence-electron chi connectivity index (χ1n) is 6.46. The Labute approximate surface area is 123 Å². The van der Waals surface area contributed by atoms with E-state index in [1.165, 1.54) is 17.5 Å². The molecule has 0 aliphatic rings. The fourth-order valence-electron chi connectivity index (χ4n) is 1.63. The van der Waals surface area contributed by atoms with Crippen molar-refractivity contribution in [2.24, 2.45) is 5.10 Å². The summed E-state index contributed by atoms with van der Waals surface area (Å²) in [6.45, 7) is 4.12. The summed E-state index contributed by atoms with van der Waals surface area (Å²) in [5.41, 5.74) is 9.29. The molecular formula is C15H18N4S. The maximum Gasteiger partial charge on any atom is 0.0866 e. The number of nitrogens with one attached hydrogen (secondary N) is 1. The van der Waals surface area contributed by atoms with E-state index in [0.717, 1.165) is 22.7 Å². The highest BCUT2D eigenvalue weighted by atomic mass is 32.2. The molecule has 104 valence electrons. The molecule has 3 N–H and O–H groups in total. The highest BCUT2D eigenvalue weighted by molar-refractivity contribution is 7.97. The standard InChI is InChI=1S/C15H18N4S/c1-3-14(15-9-6-12(16)10-17-15)18-19-20-13-7-4-11(2)5-8-13/h4-10,19H,3,16H2,1-2H3/b18-14-. The van der Waals surface area contributed by atoms with Gasteiger partial charge < -0.3 is 5.73 Å². The van der Waals surface area contributed by atoms with Crippen molar-refractivity contribution < 1.29 is 0 Å². The highest BCUT2D eigenvalue weighted by Crippen LogP contribution is 2.15. The molecule has 0 spiro atoms. The summed E-state index contributed by atoms with van der Waals surface area (Å²) in [5, 5.41) is 4.39. The van der Waals surface area contributed by atoms with Gasteiger partial charge in [-0.25, -0.2) is 4.83 Å². The normalized spacial score (nSPS) is 11.4. The average Bonchev–Trinajstić information content (AvgIpc) is 2.47. The first-order chi connectivity index (χ1) is 9.69. The largest absolute Gasteiger partial charge is 0.397 e. The van der Waals surface area contributed by atoms with Gasteiger partial charge in [-0.05, 0) is 37.6 Å². The average molecular weight is 286 g/mol. The van der Waals surface area contributed by atoms with Crippen LogP contribution in [0.2, 0.25) is 0 Å². The Morgan fingerprint density at radius 2 is 2.00 bits per heavy atom. The maximum atomic E-state index is 5.63. The summed E-state index contributed by atoms with van der Waals surface area (Å²) in [6, 6.07) is 12.0. The quantitative estimate of drug-likeness (QED) is 0.502. The lowest BCUT2D eigenvalue weighted by atomic mass is 10.2. The summed E-state index contributed by atoms with van der Waals surface area (Å²) in [4.78, 5) is 8.43. The molecule has 4 nitrogen and oxygen atoms in total. The second kappa shape index (κ2) is 6.96. The zero-order valence-corrected chi connectivity index (χ0v) is 12.4. The minimum absolute atomic E-state index is 0.659. The fraction of sp³-hybridized carbons (Fsp3) is 0.200. The van der Waals surface area contributed by atoms with E-state index in [4.69, 9.17) is 5.73 Å².